The minimum absolute atomic E-state index is 0.597. The number of nitrogens with one attached hydrogen (secondary N) is 1. The van der Waals surface area contributed by atoms with Gasteiger partial charge in [-0.3, -0.25) is 0 Å². The molecule has 1 N–H and O–H groups in total. The van der Waals surface area contributed by atoms with Crippen LogP contribution in [0.4, 0.5) is 5.69 Å². The Morgan fingerprint density at radius 3 is 2.37 bits per heavy atom. The fraction of sp³-hybridized carbons (Fsp3) is 0.176. The van der Waals surface area contributed by atoms with Crippen LogP contribution in [0.5, 0.6) is 5.75 Å². The first-order valence-corrected chi connectivity index (χ1v) is 6.39. The molecule has 0 aliphatic heterocycles. The van der Waals surface area contributed by atoms with Crippen LogP contribution in [0.25, 0.3) is 0 Å². The van der Waals surface area contributed by atoms with Gasteiger partial charge in [-0.05, 0) is 36.8 Å². The van der Waals surface area contributed by atoms with Gasteiger partial charge in [0, 0.05) is 12.2 Å². The molecule has 0 unspecified atom stereocenters. The van der Waals surface area contributed by atoms with E-state index in [9.17, 15) is 0 Å². The summed E-state index contributed by atoms with van der Waals surface area (Å²) in [5.74, 6) is 0.879. The van der Waals surface area contributed by atoms with Crippen LogP contribution in [0, 0.1) is 0 Å². The van der Waals surface area contributed by atoms with Gasteiger partial charge in [-0.15, -0.1) is 0 Å². The Balaban J connectivity index is 1.86. The zero-order valence-electron chi connectivity index (χ0n) is 11.2. The van der Waals surface area contributed by atoms with Gasteiger partial charge in [0.05, 0.1) is 0 Å². The molecule has 2 rings (SSSR count). The second-order valence-corrected chi connectivity index (χ2v) is 4.61. The van der Waals surface area contributed by atoms with Gasteiger partial charge in [0.1, 0.15) is 12.4 Å². The van der Waals surface area contributed by atoms with Crippen molar-refractivity contribution in [1.82, 2.24) is 0 Å². The molecule has 2 nitrogen and oxygen atoms in total. The van der Waals surface area contributed by atoms with Gasteiger partial charge in [-0.1, -0.05) is 42.5 Å². The Kier molecular flexibility index (Phi) is 4.62. The lowest BCUT2D eigenvalue weighted by atomic mass is 10.2. The third-order valence-electron chi connectivity index (χ3n) is 2.70. The Hall–Kier alpha value is -2.22. The molecule has 0 aromatic heterocycles. The van der Waals surface area contributed by atoms with E-state index in [-0.39, 0.29) is 0 Å². The SMILES string of the molecule is C=C(C)CNc1ccc(OCc2ccccc2)cc1. The van der Waals surface area contributed by atoms with Crippen LogP contribution in [0.15, 0.2) is 66.7 Å². The van der Waals surface area contributed by atoms with E-state index in [1.165, 1.54) is 5.56 Å². The van der Waals surface area contributed by atoms with E-state index in [1.807, 2.05) is 49.4 Å². The highest BCUT2D eigenvalue weighted by molar-refractivity contribution is 5.47. The van der Waals surface area contributed by atoms with E-state index >= 15 is 0 Å². The smallest absolute Gasteiger partial charge is 0.119 e. The van der Waals surface area contributed by atoms with Crippen molar-refractivity contribution in [2.45, 2.75) is 13.5 Å². The predicted molar refractivity (Wildman–Crippen MR) is 80.5 cm³/mol. The van der Waals surface area contributed by atoms with Crippen molar-refractivity contribution >= 4 is 5.69 Å². The molecule has 0 saturated heterocycles. The number of rotatable bonds is 6. The summed E-state index contributed by atoms with van der Waals surface area (Å²) in [7, 11) is 0. The van der Waals surface area contributed by atoms with Crippen molar-refractivity contribution in [2.75, 3.05) is 11.9 Å². The third kappa shape index (κ3) is 4.51. The number of anilines is 1. The van der Waals surface area contributed by atoms with E-state index in [1.54, 1.807) is 0 Å². The summed E-state index contributed by atoms with van der Waals surface area (Å²) in [6.45, 7) is 7.26. The molecule has 0 amide bonds. The molecule has 2 heteroatoms. The summed E-state index contributed by atoms with van der Waals surface area (Å²) >= 11 is 0. The highest BCUT2D eigenvalue weighted by Crippen LogP contribution is 2.17. The quantitative estimate of drug-likeness (QED) is 0.777. The molecule has 0 spiro atoms. The Morgan fingerprint density at radius 2 is 1.74 bits per heavy atom. The molecule has 0 saturated carbocycles. The summed E-state index contributed by atoms with van der Waals surface area (Å²) < 4.78 is 5.73. The van der Waals surface area contributed by atoms with Crippen LogP contribution in [-0.2, 0) is 6.61 Å². The standard InChI is InChI=1S/C17H19NO/c1-14(2)12-18-16-8-10-17(11-9-16)19-13-15-6-4-3-5-7-15/h3-11,18H,1,12-13H2,2H3. The summed E-state index contributed by atoms with van der Waals surface area (Å²) in [5, 5.41) is 3.29. The van der Waals surface area contributed by atoms with Gasteiger partial charge in [0.25, 0.3) is 0 Å². The number of hydrogen-bond acceptors (Lipinski definition) is 2. The van der Waals surface area contributed by atoms with Gasteiger partial charge < -0.3 is 10.1 Å². The van der Waals surface area contributed by atoms with Crippen molar-refractivity contribution in [1.29, 1.82) is 0 Å². The lowest BCUT2D eigenvalue weighted by Crippen LogP contribution is -2.01. The van der Waals surface area contributed by atoms with Gasteiger partial charge in [0.2, 0.25) is 0 Å². The molecule has 2 aromatic rings. The molecule has 0 aliphatic rings. The Morgan fingerprint density at radius 1 is 1.05 bits per heavy atom. The number of hydrogen-bond donors (Lipinski definition) is 1. The van der Waals surface area contributed by atoms with Crippen molar-refractivity contribution in [3.63, 3.8) is 0 Å². The summed E-state index contributed by atoms with van der Waals surface area (Å²) in [6.07, 6.45) is 0. The maximum atomic E-state index is 5.73. The molecule has 0 atom stereocenters. The van der Waals surface area contributed by atoms with Gasteiger partial charge in [-0.2, -0.15) is 0 Å². The lowest BCUT2D eigenvalue weighted by Gasteiger charge is -2.09. The van der Waals surface area contributed by atoms with E-state index in [4.69, 9.17) is 4.74 Å². The van der Waals surface area contributed by atoms with Crippen molar-refractivity contribution in [3.05, 3.63) is 72.3 Å². The highest BCUT2D eigenvalue weighted by Gasteiger charge is 1.96. The van der Waals surface area contributed by atoms with Crippen LogP contribution in [-0.4, -0.2) is 6.54 Å². The van der Waals surface area contributed by atoms with Crippen LogP contribution in [0.1, 0.15) is 12.5 Å². The van der Waals surface area contributed by atoms with Gasteiger partial charge in [0.15, 0.2) is 0 Å². The largest absolute Gasteiger partial charge is 0.489 e. The van der Waals surface area contributed by atoms with E-state index < -0.39 is 0 Å². The van der Waals surface area contributed by atoms with E-state index in [0.717, 1.165) is 23.6 Å². The minimum atomic E-state index is 0.597. The molecule has 2 aromatic carbocycles. The van der Waals surface area contributed by atoms with Crippen molar-refractivity contribution in [3.8, 4) is 5.75 Å². The molecule has 0 heterocycles. The zero-order valence-corrected chi connectivity index (χ0v) is 11.2. The second kappa shape index (κ2) is 6.64. The summed E-state index contributed by atoms with van der Waals surface area (Å²) in [5.41, 5.74) is 3.37. The molecule has 0 radical (unpaired) electrons. The Labute approximate surface area is 114 Å². The molecule has 0 bridgehead atoms. The van der Waals surface area contributed by atoms with E-state index in [0.29, 0.717) is 6.61 Å². The maximum absolute atomic E-state index is 5.73. The highest BCUT2D eigenvalue weighted by atomic mass is 16.5. The fourth-order valence-electron chi connectivity index (χ4n) is 1.66. The van der Waals surface area contributed by atoms with Gasteiger partial charge in [-0.25, -0.2) is 0 Å². The number of ether oxygens (including phenoxy) is 1. The molecular weight excluding hydrogens is 234 g/mol. The van der Waals surface area contributed by atoms with Crippen LogP contribution in [0.2, 0.25) is 0 Å². The molecule has 98 valence electrons. The van der Waals surface area contributed by atoms with Crippen molar-refractivity contribution in [2.24, 2.45) is 0 Å². The zero-order chi connectivity index (χ0) is 13.5. The van der Waals surface area contributed by atoms with Crippen molar-refractivity contribution < 1.29 is 4.74 Å². The van der Waals surface area contributed by atoms with Crippen LogP contribution in [0.3, 0.4) is 0 Å². The average molecular weight is 253 g/mol. The monoisotopic (exact) mass is 253 g/mol. The molecule has 0 fully saturated rings. The maximum Gasteiger partial charge on any atom is 0.119 e. The summed E-state index contributed by atoms with van der Waals surface area (Å²) in [6, 6.07) is 18.1. The first-order valence-electron chi connectivity index (χ1n) is 6.39. The van der Waals surface area contributed by atoms with Gasteiger partial charge >= 0.3 is 0 Å². The lowest BCUT2D eigenvalue weighted by molar-refractivity contribution is 0.306. The number of benzene rings is 2. The first kappa shape index (κ1) is 13.2. The van der Waals surface area contributed by atoms with Crippen LogP contribution >= 0.6 is 0 Å². The predicted octanol–water partition coefficient (Wildman–Crippen LogP) is 4.25. The fourth-order valence-corrected chi connectivity index (χ4v) is 1.66. The van der Waals surface area contributed by atoms with Crippen LogP contribution < -0.4 is 10.1 Å². The third-order valence-corrected chi connectivity index (χ3v) is 2.70. The first-order chi connectivity index (χ1) is 9.24. The topological polar surface area (TPSA) is 21.3 Å². The molecule has 19 heavy (non-hydrogen) atoms. The van der Waals surface area contributed by atoms with E-state index in [2.05, 4.69) is 24.0 Å². The second-order valence-electron chi connectivity index (χ2n) is 4.61. The molecule has 0 aliphatic carbocycles. The molecular formula is C17H19NO. The summed E-state index contributed by atoms with van der Waals surface area (Å²) in [4.78, 5) is 0. The normalized spacial score (nSPS) is 9.95. The minimum Gasteiger partial charge on any atom is -0.489 e. The Bertz CT molecular complexity index is 517. The average Bonchev–Trinajstić information content (AvgIpc) is 2.45.